The summed E-state index contributed by atoms with van der Waals surface area (Å²) in [6, 6.07) is 19.4. The Morgan fingerprint density at radius 1 is 0.691 bits per heavy atom. The molecular weight excluding hydrogens is 741 g/mol. The maximum Gasteiger partial charge on any atom is 0.287 e. The van der Waals surface area contributed by atoms with Crippen molar-refractivity contribution in [2.75, 3.05) is 25.6 Å². The largest absolute Gasteiger partial charge is 0.395 e. The number of aliphatic hydroxyl groups is 2. The lowest BCUT2D eigenvalue weighted by Crippen LogP contribution is -2.34. The highest BCUT2D eigenvalue weighted by molar-refractivity contribution is 8.00. The Morgan fingerprint density at radius 2 is 1.16 bits per heavy atom. The third kappa shape index (κ3) is 7.09. The van der Waals surface area contributed by atoms with Crippen LogP contribution in [0.2, 0.25) is 0 Å². The van der Waals surface area contributed by atoms with E-state index < -0.39 is 10.3 Å². The number of H-pyrrole nitrogens is 2. The van der Waals surface area contributed by atoms with Crippen molar-refractivity contribution in [1.82, 2.24) is 47.8 Å². The molecule has 8 aromatic rings. The van der Waals surface area contributed by atoms with Gasteiger partial charge in [-0.05, 0) is 38.8 Å². The zero-order valence-corrected chi connectivity index (χ0v) is 32.3. The van der Waals surface area contributed by atoms with Crippen molar-refractivity contribution in [1.29, 1.82) is 0 Å². The number of aromatic nitrogens is 10. The molecule has 0 amide bonds. The molecule has 17 heteroatoms. The van der Waals surface area contributed by atoms with Crippen molar-refractivity contribution in [3.63, 3.8) is 0 Å². The van der Waals surface area contributed by atoms with Gasteiger partial charge in [-0.15, -0.1) is 0 Å². The average Bonchev–Trinajstić information content (AvgIpc) is 3.96. The van der Waals surface area contributed by atoms with Crippen LogP contribution < -0.4 is 11.1 Å². The zero-order chi connectivity index (χ0) is 38.5. The van der Waals surface area contributed by atoms with Gasteiger partial charge in [0.25, 0.3) is 11.1 Å². The summed E-state index contributed by atoms with van der Waals surface area (Å²) in [6.07, 6.45) is 3.45. The number of aromatic amines is 2. The van der Waals surface area contributed by atoms with Crippen LogP contribution in [-0.4, -0.2) is 94.0 Å². The molecular formula is C38H40N10O5S2. The molecule has 0 aliphatic heterocycles. The molecule has 0 saturated heterocycles. The number of aliphatic hydroxyl groups excluding tert-OH is 2. The first-order valence-electron chi connectivity index (χ1n) is 17.8. The standard InChI is InChI=1S/C38H40N10O5S2/c1-37(2,22-54-35-41-27-29(45(35)15-17-49)43-33-39-25(19-47(33)31(27)51)23-11-7-5-8-12-23)53-21-38(3,4)55-36-42-28-30(46(36)16-18-50)44-34-40-26(20-48(34)32(28)52)24-13-9-6-10-14-24/h5-14,19-20,49-50H,15-18,21-22H2,1-4H3,(H,39,43)(H,40,44). The molecule has 15 nitrogen and oxygen atoms in total. The van der Waals surface area contributed by atoms with Gasteiger partial charge < -0.3 is 34.1 Å². The van der Waals surface area contributed by atoms with Crippen LogP contribution in [0.5, 0.6) is 0 Å². The summed E-state index contributed by atoms with van der Waals surface area (Å²) in [6.45, 7) is 8.48. The third-order valence-corrected chi connectivity index (χ3v) is 11.7. The van der Waals surface area contributed by atoms with E-state index in [4.69, 9.17) is 24.7 Å². The fourth-order valence-electron chi connectivity index (χ4n) is 6.32. The molecule has 6 aromatic heterocycles. The maximum absolute atomic E-state index is 13.7. The number of hydrogen-bond acceptors (Lipinski definition) is 11. The van der Waals surface area contributed by atoms with Crippen molar-refractivity contribution in [3.8, 4) is 22.5 Å². The van der Waals surface area contributed by atoms with E-state index in [0.717, 1.165) is 22.5 Å². The van der Waals surface area contributed by atoms with Crippen molar-refractivity contribution >= 4 is 57.4 Å². The van der Waals surface area contributed by atoms with Gasteiger partial charge in [0.1, 0.15) is 0 Å². The molecule has 0 spiro atoms. The summed E-state index contributed by atoms with van der Waals surface area (Å²) in [4.78, 5) is 52.7. The lowest BCUT2D eigenvalue weighted by atomic mass is 10.1. The highest BCUT2D eigenvalue weighted by atomic mass is 32.2. The molecule has 0 saturated carbocycles. The van der Waals surface area contributed by atoms with Gasteiger partial charge in [-0.2, -0.15) is 9.97 Å². The number of thioether (sulfide) groups is 2. The van der Waals surface area contributed by atoms with E-state index >= 15 is 0 Å². The van der Waals surface area contributed by atoms with Crippen LogP contribution in [0.4, 0.5) is 0 Å². The predicted octanol–water partition coefficient (Wildman–Crippen LogP) is 4.83. The molecule has 0 unspecified atom stereocenters. The van der Waals surface area contributed by atoms with Crippen LogP contribution in [0.1, 0.15) is 27.7 Å². The summed E-state index contributed by atoms with van der Waals surface area (Å²) in [5, 5.41) is 21.0. The Kier molecular flexibility index (Phi) is 9.67. The molecule has 55 heavy (non-hydrogen) atoms. The number of rotatable bonds is 14. The van der Waals surface area contributed by atoms with E-state index in [-0.39, 0.29) is 48.5 Å². The topological polar surface area (TPSA) is 186 Å². The smallest absolute Gasteiger partial charge is 0.287 e. The summed E-state index contributed by atoms with van der Waals surface area (Å²) in [5.74, 6) is 1.26. The Balaban J connectivity index is 0.996. The lowest BCUT2D eigenvalue weighted by molar-refractivity contribution is -0.00746. The van der Waals surface area contributed by atoms with Crippen LogP contribution in [0.3, 0.4) is 0 Å². The highest BCUT2D eigenvalue weighted by Crippen LogP contribution is 2.36. The Bertz CT molecular complexity index is 2780. The average molecular weight is 781 g/mol. The van der Waals surface area contributed by atoms with Crippen LogP contribution >= 0.6 is 23.5 Å². The van der Waals surface area contributed by atoms with Crippen molar-refractivity contribution in [3.05, 3.63) is 93.8 Å². The van der Waals surface area contributed by atoms with Gasteiger partial charge in [0, 0.05) is 36.0 Å². The molecule has 4 N–H and O–H groups in total. The first-order valence-corrected chi connectivity index (χ1v) is 19.6. The molecule has 0 fully saturated rings. The monoisotopic (exact) mass is 780 g/mol. The third-order valence-electron chi connectivity index (χ3n) is 9.09. The molecule has 0 aliphatic rings. The van der Waals surface area contributed by atoms with E-state index in [9.17, 15) is 19.8 Å². The van der Waals surface area contributed by atoms with Gasteiger partial charge in [-0.1, -0.05) is 84.2 Å². The van der Waals surface area contributed by atoms with Gasteiger partial charge in [0.2, 0.25) is 11.6 Å². The van der Waals surface area contributed by atoms with Gasteiger partial charge in [0.15, 0.2) is 32.6 Å². The molecule has 8 rings (SSSR count). The van der Waals surface area contributed by atoms with Crippen molar-refractivity contribution in [2.45, 2.75) is 61.4 Å². The number of imidazole rings is 4. The second-order valence-corrected chi connectivity index (χ2v) is 17.0. The van der Waals surface area contributed by atoms with Crippen LogP contribution in [0.15, 0.2) is 93.0 Å². The lowest BCUT2D eigenvalue weighted by Gasteiger charge is -2.31. The predicted molar refractivity (Wildman–Crippen MR) is 214 cm³/mol. The maximum atomic E-state index is 13.7. The molecule has 6 heterocycles. The van der Waals surface area contributed by atoms with E-state index in [1.165, 1.54) is 32.3 Å². The molecule has 0 aliphatic carbocycles. The Hall–Kier alpha value is -5.20. The minimum Gasteiger partial charge on any atom is -0.395 e. The van der Waals surface area contributed by atoms with Gasteiger partial charge in [-0.3, -0.25) is 9.59 Å². The van der Waals surface area contributed by atoms with Gasteiger partial charge in [0.05, 0.1) is 36.8 Å². The zero-order valence-electron chi connectivity index (χ0n) is 30.7. The summed E-state index contributed by atoms with van der Waals surface area (Å²) < 4.78 is 12.5. The van der Waals surface area contributed by atoms with E-state index in [1.54, 1.807) is 21.5 Å². The fraction of sp³-hybridized carbons (Fsp3) is 0.316. The number of ether oxygens (including phenoxy) is 1. The van der Waals surface area contributed by atoms with Crippen LogP contribution in [-0.2, 0) is 17.8 Å². The van der Waals surface area contributed by atoms with Crippen LogP contribution in [0, 0.1) is 0 Å². The Morgan fingerprint density at radius 3 is 1.65 bits per heavy atom. The summed E-state index contributed by atoms with van der Waals surface area (Å²) in [7, 11) is 0. The molecule has 0 atom stereocenters. The summed E-state index contributed by atoms with van der Waals surface area (Å²) in [5.41, 5.74) is 3.36. The number of nitrogens with one attached hydrogen (secondary N) is 2. The van der Waals surface area contributed by atoms with E-state index in [0.29, 0.717) is 45.5 Å². The highest BCUT2D eigenvalue weighted by Gasteiger charge is 2.30. The summed E-state index contributed by atoms with van der Waals surface area (Å²) >= 11 is 2.87. The van der Waals surface area contributed by atoms with Crippen LogP contribution in [0.25, 0.3) is 56.4 Å². The van der Waals surface area contributed by atoms with Crippen molar-refractivity contribution < 1.29 is 14.9 Å². The first kappa shape index (κ1) is 36.8. The number of benzene rings is 2. The fourth-order valence-corrected chi connectivity index (χ4v) is 8.40. The van der Waals surface area contributed by atoms with Gasteiger partial charge >= 0.3 is 0 Å². The molecule has 2 aromatic carbocycles. The van der Waals surface area contributed by atoms with Crippen molar-refractivity contribution in [2.24, 2.45) is 0 Å². The number of nitrogens with zero attached hydrogens (tertiary/aromatic N) is 8. The number of hydrogen-bond donors (Lipinski definition) is 4. The SMILES string of the molecule is CC(C)(CSc1nc2c(=O)n3cc(-c4ccccc4)[nH]c3nc2n1CCO)OCC(C)(C)Sc1nc2c(=O)n3cc(-c4ccccc4)[nH]c3nc2n1CCO. The Labute approximate surface area is 322 Å². The normalized spacial score (nSPS) is 12.6. The quantitative estimate of drug-likeness (QED) is 0.111. The van der Waals surface area contributed by atoms with E-state index in [2.05, 4.69) is 9.97 Å². The second-order valence-electron chi connectivity index (χ2n) is 14.4. The first-order chi connectivity index (χ1) is 26.4. The molecule has 0 radical (unpaired) electrons. The minimum atomic E-state index is -0.634. The minimum absolute atomic E-state index is 0.154. The van der Waals surface area contributed by atoms with E-state index in [1.807, 2.05) is 88.4 Å². The second kappa shape index (κ2) is 14.5. The molecule has 0 bridgehead atoms. The number of fused-ring (bicyclic) bond motifs is 4. The van der Waals surface area contributed by atoms with Gasteiger partial charge in [-0.25, -0.2) is 18.8 Å². The molecule has 284 valence electrons.